The fourth-order valence-electron chi connectivity index (χ4n) is 4.56. The van der Waals surface area contributed by atoms with Gasteiger partial charge in [0.05, 0.1) is 13.1 Å². The SMILES string of the molecule is CC(C)=C1CN(c2c(F)cc(-c3cnc(N)c(-c4ccc5c(c4)CCNC5=O)c3)cc2F)CCO1. The molecule has 3 aromatic rings. The van der Waals surface area contributed by atoms with Crippen molar-refractivity contribution in [1.29, 1.82) is 0 Å². The van der Waals surface area contributed by atoms with Crippen molar-refractivity contribution in [3.05, 3.63) is 76.7 Å². The number of rotatable bonds is 3. The number of carbonyl (C=O) groups excluding carboxylic acids is 1. The summed E-state index contributed by atoms with van der Waals surface area (Å²) in [7, 11) is 0. The minimum absolute atomic E-state index is 0.0626. The van der Waals surface area contributed by atoms with Gasteiger partial charge in [0.25, 0.3) is 5.91 Å². The van der Waals surface area contributed by atoms with Crippen LogP contribution in [0.5, 0.6) is 0 Å². The molecule has 1 saturated heterocycles. The molecule has 0 atom stereocenters. The maximum atomic E-state index is 15.2. The smallest absolute Gasteiger partial charge is 0.251 e. The van der Waals surface area contributed by atoms with Gasteiger partial charge in [-0.1, -0.05) is 12.1 Å². The molecule has 0 bridgehead atoms. The molecule has 0 unspecified atom stereocenters. The Labute approximate surface area is 202 Å². The molecule has 2 aliphatic rings. The molecule has 8 heteroatoms. The van der Waals surface area contributed by atoms with Gasteiger partial charge in [-0.15, -0.1) is 0 Å². The monoisotopic (exact) mass is 476 g/mol. The Bertz CT molecular complexity index is 1340. The molecule has 1 aromatic heterocycles. The average Bonchev–Trinajstić information content (AvgIpc) is 2.84. The Morgan fingerprint density at radius 1 is 1.06 bits per heavy atom. The summed E-state index contributed by atoms with van der Waals surface area (Å²) in [6.07, 6.45) is 2.23. The number of halogens is 2. The third kappa shape index (κ3) is 4.32. The molecule has 0 saturated carbocycles. The lowest BCUT2D eigenvalue weighted by Crippen LogP contribution is -2.36. The van der Waals surface area contributed by atoms with Crippen molar-refractivity contribution < 1.29 is 18.3 Å². The van der Waals surface area contributed by atoms with E-state index in [9.17, 15) is 4.79 Å². The van der Waals surface area contributed by atoms with E-state index in [1.807, 2.05) is 26.0 Å². The van der Waals surface area contributed by atoms with Gasteiger partial charge in [-0.2, -0.15) is 0 Å². The zero-order chi connectivity index (χ0) is 24.7. The zero-order valence-corrected chi connectivity index (χ0v) is 19.6. The topological polar surface area (TPSA) is 80.5 Å². The van der Waals surface area contributed by atoms with Crippen molar-refractivity contribution in [2.75, 3.05) is 36.9 Å². The Morgan fingerprint density at radius 2 is 1.83 bits per heavy atom. The molecule has 0 spiro atoms. The minimum atomic E-state index is -0.645. The van der Waals surface area contributed by atoms with E-state index in [1.165, 1.54) is 18.3 Å². The molecule has 5 rings (SSSR count). The number of aromatic nitrogens is 1. The second-order valence-electron chi connectivity index (χ2n) is 9.02. The van der Waals surface area contributed by atoms with Crippen LogP contribution in [-0.4, -0.2) is 37.1 Å². The van der Waals surface area contributed by atoms with E-state index in [0.717, 1.165) is 28.9 Å². The third-order valence-electron chi connectivity index (χ3n) is 6.46. The summed E-state index contributed by atoms with van der Waals surface area (Å²) in [6.45, 7) is 5.49. The normalized spacial score (nSPS) is 15.4. The number of benzene rings is 2. The van der Waals surface area contributed by atoms with Crippen LogP contribution < -0.4 is 16.0 Å². The quantitative estimate of drug-likeness (QED) is 0.573. The summed E-state index contributed by atoms with van der Waals surface area (Å²) >= 11 is 0. The lowest BCUT2D eigenvalue weighted by Gasteiger charge is -2.32. The van der Waals surface area contributed by atoms with Gasteiger partial charge in [0.2, 0.25) is 0 Å². The fraction of sp³-hybridized carbons (Fsp3) is 0.259. The van der Waals surface area contributed by atoms with Gasteiger partial charge in [-0.3, -0.25) is 4.79 Å². The predicted octanol–water partition coefficient (Wildman–Crippen LogP) is 4.69. The van der Waals surface area contributed by atoms with Crippen molar-refractivity contribution in [2.45, 2.75) is 20.3 Å². The first-order valence-corrected chi connectivity index (χ1v) is 11.5. The second kappa shape index (κ2) is 9.02. The van der Waals surface area contributed by atoms with Gasteiger partial charge in [-0.25, -0.2) is 13.8 Å². The minimum Gasteiger partial charge on any atom is -0.494 e. The standard InChI is InChI=1S/C27H26F2N4O2/c1-15(2)24-14-33(7-8-35-24)25-22(28)11-18(12-23(25)29)19-10-21(26(30)32-13-19)16-3-4-20-17(9-16)5-6-31-27(20)34/h3-4,9-13H,5-8,14H2,1-2H3,(H2,30,32)(H,31,34). The van der Waals surface area contributed by atoms with E-state index in [-0.39, 0.29) is 11.6 Å². The molecular weight excluding hydrogens is 450 g/mol. The van der Waals surface area contributed by atoms with Gasteiger partial charge in [-0.05, 0) is 66.8 Å². The average molecular weight is 477 g/mol. The van der Waals surface area contributed by atoms with Crippen LogP contribution in [0.4, 0.5) is 20.3 Å². The maximum absolute atomic E-state index is 15.2. The molecule has 2 aliphatic heterocycles. The Kier molecular flexibility index (Phi) is 5.88. The molecule has 3 N–H and O–H groups in total. The van der Waals surface area contributed by atoms with Gasteiger partial charge in [0.15, 0.2) is 0 Å². The largest absolute Gasteiger partial charge is 0.494 e. The van der Waals surface area contributed by atoms with Crippen LogP contribution in [0.2, 0.25) is 0 Å². The number of morpholine rings is 1. The first-order chi connectivity index (χ1) is 16.8. The van der Waals surface area contributed by atoms with E-state index in [4.69, 9.17) is 10.5 Å². The van der Waals surface area contributed by atoms with Crippen LogP contribution in [0.15, 0.2) is 53.9 Å². The molecule has 1 fully saturated rings. The summed E-state index contributed by atoms with van der Waals surface area (Å²) in [5.74, 6) is -0.356. The number of nitrogens with two attached hydrogens (primary N) is 1. The van der Waals surface area contributed by atoms with Crippen LogP contribution in [0.3, 0.4) is 0 Å². The van der Waals surface area contributed by atoms with Gasteiger partial charge < -0.3 is 20.7 Å². The van der Waals surface area contributed by atoms with E-state index in [2.05, 4.69) is 10.3 Å². The Morgan fingerprint density at radius 3 is 2.57 bits per heavy atom. The zero-order valence-electron chi connectivity index (χ0n) is 19.6. The Hall–Kier alpha value is -3.94. The van der Waals surface area contributed by atoms with Gasteiger partial charge >= 0.3 is 0 Å². The molecular formula is C27H26F2N4O2. The Balaban J connectivity index is 1.50. The number of hydrogen-bond donors (Lipinski definition) is 2. The number of pyridine rings is 1. The number of fused-ring (bicyclic) bond motifs is 1. The van der Waals surface area contributed by atoms with E-state index in [1.54, 1.807) is 17.0 Å². The molecule has 35 heavy (non-hydrogen) atoms. The van der Waals surface area contributed by atoms with E-state index < -0.39 is 11.6 Å². The van der Waals surface area contributed by atoms with E-state index >= 15 is 8.78 Å². The molecule has 180 valence electrons. The van der Waals surface area contributed by atoms with Gasteiger partial charge in [0.1, 0.15) is 35.5 Å². The lowest BCUT2D eigenvalue weighted by molar-refractivity contribution is 0.0946. The highest BCUT2D eigenvalue weighted by Gasteiger charge is 2.24. The molecule has 6 nitrogen and oxygen atoms in total. The van der Waals surface area contributed by atoms with Crippen molar-refractivity contribution in [2.24, 2.45) is 0 Å². The first-order valence-electron chi connectivity index (χ1n) is 11.5. The highest BCUT2D eigenvalue weighted by atomic mass is 19.1. The van der Waals surface area contributed by atoms with E-state index in [0.29, 0.717) is 54.3 Å². The molecule has 0 aliphatic carbocycles. The van der Waals surface area contributed by atoms with Crippen LogP contribution >= 0.6 is 0 Å². The van der Waals surface area contributed by atoms with Crippen molar-refractivity contribution in [3.63, 3.8) is 0 Å². The first kappa shape index (κ1) is 22.8. The number of nitrogens with zero attached hydrogens (tertiary/aromatic N) is 2. The van der Waals surface area contributed by atoms with Crippen molar-refractivity contribution in [1.82, 2.24) is 10.3 Å². The number of nitrogens with one attached hydrogen (secondary N) is 1. The summed E-state index contributed by atoms with van der Waals surface area (Å²) in [5.41, 5.74) is 11.0. The summed E-state index contributed by atoms with van der Waals surface area (Å²) in [4.78, 5) is 18.0. The summed E-state index contributed by atoms with van der Waals surface area (Å²) in [5, 5.41) is 2.83. The fourth-order valence-corrected chi connectivity index (χ4v) is 4.56. The van der Waals surface area contributed by atoms with Crippen molar-refractivity contribution in [3.8, 4) is 22.3 Å². The highest BCUT2D eigenvalue weighted by Crippen LogP contribution is 2.35. The highest BCUT2D eigenvalue weighted by molar-refractivity contribution is 5.97. The third-order valence-corrected chi connectivity index (χ3v) is 6.46. The second-order valence-corrected chi connectivity index (χ2v) is 9.02. The maximum Gasteiger partial charge on any atom is 0.251 e. The van der Waals surface area contributed by atoms with Crippen LogP contribution in [0.1, 0.15) is 29.8 Å². The molecule has 1 amide bonds. The molecule has 0 radical (unpaired) electrons. The van der Waals surface area contributed by atoms with Crippen molar-refractivity contribution >= 4 is 17.4 Å². The van der Waals surface area contributed by atoms with Crippen LogP contribution in [-0.2, 0) is 11.2 Å². The number of anilines is 2. The number of hydrogen-bond acceptors (Lipinski definition) is 5. The molecule has 3 heterocycles. The van der Waals surface area contributed by atoms with Gasteiger partial charge in [0, 0.05) is 29.4 Å². The number of carbonyl (C=O) groups is 1. The number of ether oxygens (including phenoxy) is 1. The summed E-state index contributed by atoms with van der Waals surface area (Å²) in [6, 6.07) is 9.92. The number of nitrogen functional groups attached to an aromatic ring is 1. The predicted molar refractivity (Wildman–Crippen MR) is 132 cm³/mol. The lowest BCUT2D eigenvalue weighted by atomic mass is 9.94. The number of allylic oxidation sites excluding steroid dienone is 1. The number of amides is 1. The van der Waals surface area contributed by atoms with Crippen LogP contribution in [0.25, 0.3) is 22.3 Å². The van der Waals surface area contributed by atoms with Crippen LogP contribution in [0, 0.1) is 11.6 Å². The summed E-state index contributed by atoms with van der Waals surface area (Å²) < 4.78 is 36.1. The molecule has 2 aromatic carbocycles.